The number of carboxylic acid groups (broad SMARTS) is 1. The van der Waals surface area contributed by atoms with Gasteiger partial charge < -0.3 is 16.2 Å². The number of aliphatic carboxylic acids is 1. The van der Waals surface area contributed by atoms with Gasteiger partial charge in [-0.25, -0.2) is 0 Å². The Hall–Kier alpha value is -2.37. The van der Waals surface area contributed by atoms with Gasteiger partial charge in [0.05, 0.1) is 11.0 Å². The zero-order valence-corrected chi connectivity index (χ0v) is 12.6. The van der Waals surface area contributed by atoms with Gasteiger partial charge in [-0.3, -0.25) is 14.4 Å². The van der Waals surface area contributed by atoms with Crippen molar-refractivity contribution in [2.24, 2.45) is 11.1 Å². The van der Waals surface area contributed by atoms with E-state index in [1.165, 1.54) is 32.0 Å². The molecule has 1 aromatic carbocycles. The molecule has 21 heavy (non-hydrogen) atoms. The zero-order chi connectivity index (χ0) is 16.4. The molecule has 6 nitrogen and oxygen atoms in total. The van der Waals surface area contributed by atoms with Crippen LogP contribution in [0.1, 0.15) is 48.4 Å². The van der Waals surface area contributed by atoms with Crippen molar-refractivity contribution >= 4 is 17.8 Å². The SMILES string of the molecule is CC(C)(NC(=O)c1cccc(C(N)=O)c1)C(C)(C)C(=O)O. The first-order chi connectivity index (χ1) is 9.49. The third kappa shape index (κ3) is 3.39. The van der Waals surface area contributed by atoms with Crippen molar-refractivity contribution in [3.63, 3.8) is 0 Å². The van der Waals surface area contributed by atoms with Gasteiger partial charge in [-0.05, 0) is 45.9 Å². The van der Waals surface area contributed by atoms with Gasteiger partial charge in [0, 0.05) is 11.1 Å². The molecule has 0 fully saturated rings. The summed E-state index contributed by atoms with van der Waals surface area (Å²) in [6.45, 7) is 6.35. The fourth-order valence-electron chi connectivity index (χ4n) is 1.59. The maximum Gasteiger partial charge on any atom is 0.311 e. The molecule has 1 rings (SSSR count). The summed E-state index contributed by atoms with van der Waals surface area (Å²) in [4.78, 5) is 34.7. The van der Waals surface area contributed by atoms with Gasteiger partial charge in [0.2, 0.25) is 5.91 Å². The predicted octanol–water partition coefficient (Wildman–Crippen LogP) is 1.40. The monoisotopic (exact) mass is 292 g/mol. The molecule has 0 atom stereocenters. The van der Waals surface area contributed by atoms with Crippen LogP contribution < -0.4 is 11.1 Å². The predicted molar refractivity (Wildman–Crippen MR) is 77.9 cm³/mol. The number of benzene rings is 1. The largest absolute Gasteiger partial charge is 0.481 e. The normalized spacial score (nSPS) is 11.8. The molecule has 0 radical (unpaired) electrons. The second kappa shape index (κ2) is 5.55. The molecule has 6 heteroatoms. The Morgan fingerprint density at radius 2 is 1.62 bits per heavy atom. The van der Waals surface area contributed by atoms with Crippen LogP contribution >= 0.6 is 0 Å². The fourth-order valence-corrected chi connectivity index (χ4v) is 1.59. The first-order valence-electron chi connectivity index (χ1n) is 6.45. The number of carboxylic acids is 1. The van der Waals surface area contributed by atoms with Crippen molar-refractivity contribution in [3.05, 3.63) is 35.4 Å². The number of nitrogens with one attached hydrogen (secondary N) is 1. The molecule has 0 spiro atoms. The van der Waals surface area contributed by atoms with Gasteiger partial charge in [-0.15, -0.1) is 0 Å². The summed E-state index contributed by atoms with van der Waals surface area (Å²) in [6.07, 6.45) is 0. The molecular weight excluding hydrogens is 272 g/mol. The van der Waals surface area contributed by atoms with E-state index >= 15 is 0 Å². The molecule has 0 saturated heterocycles. The van der Waals surface area contributed by atoms with Crippen LogP contribution in [0.5, 0.6) is 0 Å². The molecule has 0 unspecified atom stereocenters. The number of carbonyl (C=O) groups excluding carboxylic acids is 2. The Morgan fingerprint density at radius 1 is 1.10 bits per heavy atom. The van der Waals surface area contributed by atoms with E-state index in [1.54, 1.807) is 19.9 Å². The number of rotatable bonds is 5. The highest BCUT2D eigenvalue weighted by atomic mass is 16.4. The summed E-state index contributed by atoms with van der Waals surface area (Å²) in [6, 6.07) is 5.96. The lowest BCUT2D eigenvalue weighted by Crippen LogP contribution is -2.56. The average Bonchev–Trinajstić information content (AvgIpc) is 2.37. The Balaban J connectivity index is 3.03. The molecular formula is C15H20N2O4. The minimum absolute atomic E-state index is 0.220. The second-order valence-electron chi connectivity index (χ2n) is 5.95. The van der Waals surface area contributed by atoms with Gasteiger partial charge in [0.1, 0.15) is 0 Å². The minimum atomic E-state index is -1.16. The van der Waals surface area contributed by atoms with E-state index in [9.17, 15) is 19.5 Å². The van der Waals surface area contributed by atoms with Gasteiger partial charge in [0.15, 0.2) is 0 Å². The molecule has 0 aliphatic carbocycles. The zero-order valence-electron chi connectivity index (χ0n) is 12.6. The number of carbonyl (C=O) groups is 3. The fraction of sp³-hybridized carbons (Fsp3) is 0.400. The van der Waals surface area contributed by atoms with Crippen LogP contribution in [0.15, 0.2) is 24.3 Å². The maximum absolute atomic E-state index is 12.2. The third-order valence-electron chi connectivity index (χ3n) is 3.93. The molecule has 1 aromatic rings. The van der Waals surface area contributed by atoms with Crippen molar-refractivity contribution in [1.29, 1.82) is 0 Å². The van der Waals surface area contributed by atoms with Gasteiger partial charge in [-0.2, -0.15) is 0 Å². The summed E-state index contributed by atoms with van der Waals surface area (Å²) in [5.74, 6) is -2.11. The lowest BCUT2D eigenvalue weighted by Gasteiger charge is -2.38. The second-order valence-corrected chi connectivity index (χ2v) is 5.95. The molecule has 0 heterocycles. The van der Waals surface area contributed by atoms with E-state index in [4.69, 9.17) is 5.73 Å². The van der Waals surface area contributed by atoms with Crippen LogP contribution in [-0.4, -0.2) is 28.4 Å². The lowest BCUT2D eigenvalue weighted by atomic mass is 9.74. The highest BCUT2D eigenvalue weighted by Gasteiger charge is 2.44. The number of nitrogens with two attached hydrogens (primary N) is 1. The highest BCUT2D eigenvalue weighted by Crippen LogP contribution is 2.31. The molecule has 0 aliphatic heterocycles. The molecule has 4 N–H and O–H groups in total. The highest BCUT2D eigenvalue weighted by molar-refractivity contribution is 5.99. The van der Waals surface area contributed by atoms with Crippen LogP contribution in [0.2, 0.25) is 0 Å². The van der Waals surface area contributed by atoms with E-state index in [0.29, 0.717) is 0 Å². The Kier molecular flexibility index (Phi) is 4.41. The number of amides is 2. The Labute approximate surface area is 123 Å². The van der Waals surface area contributed by atoms with Crippen molar-refractivity contribution in [3.8, 4) is 0 Å². The van der Waals surface area contributed by atoms with Gasteiger partial charge in [-0.1, -0.05) is 6.07 Å². The van der Waals surface area contributed by atoms with Gasteiger partial charge >= 0.3 is 5.97 Å². The van der Waals surface area contributed by atoms with Gasteiger partial charge in [0.25, 0.3) is 5.91 Å². The summed E-state index contributed by atoms with van der Waals surface area (Å²) < 4.78 is 0. The maximum atomic E-state index is 12.2. The third-order valence-corrected chi connectivity index (χ3v) is 3.93. The topological polar surface area (TPSA) is 109 Å². The first kappa shape index (κ1) is 16.7. The van der Waals surface area contributed by atoms with E-state index in [0.717, 1.165) is 0 Å². The van der Waals surface area contributed by atoms with E-state index < -0.39 is 28.7 Å². The smallest absolute Gasteiger partial charge is 0.311 e. The summed E-state index contributed by atoms with van der Waals surface area (Å²) in [5, 5.41) is 12.0. The summed E-state index contributed by atoms with van der Waals surface area (Å²) in [5.41, 5.74) is 3.49. The van der Waals surface area contributed by atoms with Crippen LogP contribution in [0.4, 0.5) is 0 Å². The van der Waals surface area contributed by atoms with Crippen molar-refractivity contribution < 1.29 is 19.5 Å². The van der Waals surface area contributed by atoms with Crippen LogP contribution in [0, 0.1) is 5.41 Å². The van der Waals surface area contributed by atoms with Crippen LogP contribution in [0.25, 0.3) is 0 Å². The number of primary amides is 1. The number of hydrogen-bond acceptors (Lipinski definition) is 3. The average molecular weight is 292 g/mol. The van der Waals surface area contributed by atoms with Crippen molar-refractivity contribution in [1.82, 2.24) is 5.32 Å². The summed E-state index contributed by atoms with van der Waals surface area (Å²) >= 11 is 0. The Bertz CT molecular complexity index is 591. The quantitative estimate of drug-likeness (QED) is 0.762. The van der Waals surface area contributed by atoms with E-state index in [2.05, 4.69) is 5.32 Å². The lowest BCUT2D eigenvalue weighted by molar-refractivity contribution is -0.150. The molecule has 114 valence electrons. The minimum Gasteiger partial charge on any atom is -0.481 e. The van der Waals surface area contributed by atoms with Crippen molar-refractivity contribution in [2.45, 2.75) is 33.2 Å². The molecule has 0 aromatic heterocycles. The number of hydrogen-bond donors (Lipinski definition) is 3. The molecule has 0 bridgehead atoms. The summed E-state index contributed by atoms with van der Waals surface area (Å²) in [7, 11) is 0. The first-order valence-corrected chi connectivity index (χ1v) is 6.45. The standard InChI is InChI=1S/C15H20N2O4/c1-14(2,13(20)21)15(3,4)17-12(19)10-7-5-6-9(8-10)11(16)18/h5-8H,1-4H3,(H2,16,18)(H,17,19)(H,20,21). The van der Waals surface area contributed by atoms with E-state index in [-0.39, 0.29) is 11.1 Å². The Morgan fingerprint density at radius 3 is 2.10 bits per heavy atom. The van der Waals surface area contributed by atoms with Crippen LogP contribution in [-0.2, 0) is 4.79 Å². The molecule has 2 amide bonds. The molecule has 0 saturated carbocycles. The van der Waals surface area contributed by atoms with E-state index in [1.807, 2.05) is 0 Å². The molecule has 0 aliphatic rings. The van der Waals surface area contributed by atoms with Crippen LogP contribution in [0.3, 0.4) is 0 Å². The van der Waals surface area contributed by atoms with Crippen molar-refractivity contribution in [2.75, 3.05) is 0 Å².